The lowest BCUT2D eigenvalue weighted by atomic mass is 10.0. The summed E-state index contributed by atoms with van der Waals surface area (Å²) in [6.07, 6.45) is 1.53. The zero-order chi connectivity index (χ0) is 23.5. The lowest BCUT2D eigenvalue weighted by Crippen LogP contribution is -2.46. The molecule has 1 N–H and O–H groups in total. The maximum atomic E-state index is 13.4. The molecule has 0 aliphatic carbocycles. The number of likely N-dealkylation sites (tertiary alicyclic amines) is 1. The quantitative estimate of drug-likeness (QED) is 0.599. The Morgan fingerprint density at radius 3 is 2.21 bits per heavy atom. The lowest BCUT2D eigenvalue weighted by molar-refractivity contribution is 0.0697. The van der Waals surface area contributed by atoms with Gasteiger partial charge in [0, 0.05) is 36.1 Å². The van der Waals surface area contributed by atoms with Gasteiger partial charge < -0.3 is 14.8 Å². The van der Waals surface area contributed by atoms with Crippen LogP contribution in [0.2, 0.25) is 0 Å². The van der Waals surface area contributed by atoms with Gasteiger partial charge in [0.1, 0.15) is 0 Å². The van der Waals surface area contributed by atoms with Crippen molar-refractivity contribution in [2.24, 2.45) is 0 Å². The summed E-state index contributed by atoms with van der Waals surface area (Å²) in [5.74, 6) is 0.0506. The van der Waals surface area contributed by atoms with Crippen LogP contribution in [0.15, 0.2) is 60.7 Å². The van der Waals surface area contributed by atoms with Gasteiger partial charge >= 0.3 is 0 Å². The summed E-state index contributed by atoms with van der Waals surface area (Å²) in [5, 5.41) is 3.15. The Kier molecular flexibility index (Phi) is 6.68. The van der Waals surface area contributed by atoms with Gasteiger partial charge in [-0.25, -0.2) is 0 Å². The first-order chi connectivity index (χ1) is 15.9. The number of hydrogen-bond acceptors (Lipinski definition) is 2. The van der Waals surface area contributed by atoms with Crippen molar-refractivity contribution in [3.63, 3.8) is 0 Å². The molecular formula is C28H33N3O2. The van der Waals surface area contributed by atoms with E-state index in [-0.39, 0.29) is 23.9 Å². The molecule has 0 unspecified atom stereocenters. The number of nitrogens with zero attached hydrogens (tertiary/aromatic N) is 2. The molecule has 1 aliphatic heterocycles. The molecule has 1 atom stereocenters. The monoisotopic (exact) mass is 443 g/mol. The summed E-state index contributed by atoms with van der Waals surface area (Å²) < 4.78 is 2.25. The number of aromatic nitrogens is 1. The van der Waals surface area contributed by atoms with Crippen LogP contribution in [0, 0.1) is 20.8 Å². The minimum Gasteiger partial charge on any atom is -0.349 e. The van der Waals surface area contributed by atoms with Gasteiger partial charge in [0.25, 0.3) is 11.8 Å². The maximum Gasteiger partial charge on any atom is 0.255 e. The minimum absolute atomic E-state index is 0.0312. The van der Waals surface area contributed by atoms with Gasteiger partial charge in [-0.1, -0.05) is 48.5 Å². The molecule has 5 heteroatoms. The Bertz CT molecular complexity index is 1140. The molecule has 172 valence electrons. The highest BCUT2D eigenvalue weighted by Crippen LogP contribution is 2.27. The topological polar surface area (TPSA) is 54.3 Å². The van der Waals surface area contributed by atoms with E-state index in [4.69, 9.17) is 0 Å². The molecule has 1 aliphatic rings. The van der Waals surface area contributed by atoms with Crippen LogP contribution in [0.1, 0.15) is 69.0 Å². The molecule has 5 nitrogen and oxygen atoms in total. The fourth-order valence-electron chi connectivity index (χ4n) is 4.96. The molecule has 1 fully saturated rings. The van der Waals surface area contributed by atoms with E-state index in [0.717, 1.165) is 40.9 Å². The van der Waals surface area contributed by atoms with E-state index in [1.807, 2.05) is 67.3 Å². The molecule has 0 saturated carbocycles. The molecule has 3 aromatic rings. The minimum atomic E-state index is -0.0312. The van der Waals surface area contributed by atoms with Gasteiger partial charge in [0.2, 0.25) is 0 Å². The zero-order valence-electron chi connectivity index (χ0n) is 20.0. The molecule has 0 radical (unpaired) electrons. The zero-order valence-corrected chi connectivity index (χ0v) is 20.0. The molecule has 33 heavy (non-hydrogen) atoms. The highest BCUT2D eigenvalue weighted by molar-refractivity contribution is 5.96. The van der Waals surface area contributed by atoms with Crippen molar-refractivity contribution in [2.75, 3.05) is 13.1 Å². The first-order valence-electron chi connectivity index (χ1n) is 11.8. The second-order valence-electron chi connectivity index (χ2n) is 9.10. The Morgan fingerprint density at radius 2 is 1.55 bits per heavy atom. The summed E-state index contributed by atoms with van der Waals surface area (Å²) in [7, 11) is 0. The number of piperidine rings is 1. The normalized spacial score (nSPS) is 15.3. The Hall–Kier alpha value is -3.34. The summed E-state index contributed by atoms with van der Waals surface area (Å²) in [4.78, 5) is 27.9. The second-order valence-corrected chi connectivity index (χ2v) is 9.10. The predicted molar refractivity (Wildman–Crippen MR) is 132 cm³/mol. The highest BCUT2D eigenvalue weighted by Gasteiger charge is 2.28. The number of benzene rings is 2. The smallest absolute Gasteiger partial charge is 0.255 e. The van der Waals surface area contributed by atoms with Crippen molar-refractivity contribution in [1.29, 1.82) is 0 Å². The Morgan fingerprint density at radius 1 is 0.909 bits per heavy atom. The van der Waals surface area contributed by atoms with Crippen LogP contribution in [0.25, 0.3) is 0 Å². The number of amides is 2. The third-order valence-electron chi connectivity index (χ3n) is 6.89. The van der Waals surface area contributed by atoms with Gasteiger partial charge in [-0.15, -0.1) is 0 Å². The molecule has 1 aromatic heterocycles. The molecule has 4 rings (SSSR count). The number of rotatable bonds is 5. The molecule has 2 amide bonds. The summed E-state index contributed by atoms with van der Waals surface area (Å²) in [5.41, 5.74) is 5.79. The van der Waals surface area contributed by atoms with Crippen molar-refractivity contribution in [3.05, 3.63) is 94.3 Å². The molecule has 0 bridgehead atoms. The fraction of sp³-hybridized carbons (Fsp3) is 0.357. The van der Waals surface area contributed by atoms with Gasteiger partial charge in [-0.05, 0) is 63.8 Å². The largest absolute Gasteiger partial charge is 0.349 e. The number of carbonyl (C=O) groups is 2. The summed E-state index contributed by atoms with van der Waals surface area (Å²) in [6.45, 7) is 9.52. The molecular weight excluding hydrogens is 410 g/mol. The maximum absolute atomic E-state index is 13.4. The number of carbonyl (C=O) groups excluding carboxylic acids is 2. The van der Waals surface area contributed by atoms with Crippen molar-refractivity contribution in [1.82, 2.24) is 14.8 Å². The van der Waals surface area contributed by atoms with Crippen molar-refractivity contribution >= 4 is 11.8 Å². The first kappa shape index (κ1) is 22.8. The van der Waals surface area contributed by atoms with Gasteiger partial charge in [0.05, 0.1) is 11.6 Å². The van der Waals surface area contributed by atoms with Crippen molar-refractivity contribution < 1.29 is 9.59 Å². The van der Waals surface area contributed by atoms with Crippen molar-refractivity contribution in [3.8, 4) is 0 Å². The third kappa shape index (κ3) is 4.72. The van der Waals surface area contributed by atoms with E-state index in [0.29, 0.717) is 13.1 Å². The number of aryl methyl sites for hydroxylation is 2. The summed E-state index contributed by atoms with van der Waals surface area (Å²) >= 11 is 0. The van der Waals surface area contributed by atoms with Crippen LogP contribution in [0.5, 0.6) is 0 Å². The van der Waals surface area contributed by atoms with Crippen LogP contribution < -0.4 is 5.32 Å². The van der Waals surface area contributed by atoms with Gasteiger partial charge in [0.15, 0.2) is 0 Å². The third-order valence-corrected chi connectivity index (χ3v) is 6.89. The van der Waals surface area contributed by atoms with E-state index in [1.165, 1.54) is 5.56 Å². The van der Waals surface area contributed by atoms with Gasteiger partial charge in [-0.3, -0.25) is 9.59 Å². The van der Waals surface area contributed by atoms with Crippen LogP contribution in [0.4, 0.5) is 0 Å². The average molecular weight is 444 g/mol. The van der Waals surface area contributed by atoms with E-state index in [1.54, 1.807) is 0 Å². The number of hydrogen-bond donors (Lipinski definition) is 1. The van der Waals surface area contributed by atoms with Crippen molar-refractivity contribution in [2.45, 2.75) is 52.6 Å². The first-order valence-corrected chi connectivity index (χ1v) is 11.8. The van der Waals surface area contributed by atoms with Gasteiger partial charge in [-0.2, -0.15) is 0 Å². The van der Waals surface area contributed by atoms with E-state index in [2.05, 4.69) is 35.9 Å². The molecule has 2 heterocycles. The fourth-order valence-corrected chi connectivity index (χ4v) is 4.96. The molecule has 2 aromatic carbocycles. The Labute approximate surface area is 196 Å². The van der Waals surface area contributed by atoms with E-state index < -0.39 is 0 Å². The van der Waals surface area contributed by atoms with Crippen LogP contribution in [-0.2, 0) is 0 Å². The van der Waals surface area contributed by atoms with E-state index in [9.17, 15) is 9.59 Å². The SMILES string of the molecule is Cc1ccccc1C(=O)NC1CCN(C(=O)c2cc(C)n([C@H](C)c3ccccc3)c2C)CC1. The lowest BCUT2D eigenvalue weighted by Gasteiger charge is -2.32. The van der Waals surface area contributed by atoms with Crippen LogP contribution in [-0.4, -0.2) is 40.4 Å². The van der Waals surface area contributed by atoms with Crippen LogP contribution in [0.3, 0.4) is 0 Å². The number of nitrogens with one attached hydrogen (secondary N) is 1. The Balaban J connectivity index is 1.41. The highest BCUT2D eigenvalue weighted by atomic mass is 16.2. The average Bonchev–Trinajstić information content (AvgIpc) is 3.13. The second kappa shape index (κ2) is 9.65. The molecule has 0 spiro atoms. The van der Waals surface area contributed by atoms with E-state index >= 15 is 0 Å². The van der Waals surface area contributed by atoms with Crippen LogP contribution >= 0.6 is 0 Å². The predicted octanol–water partition coefficient (Wildman–Crippen LogP) is 5.06. The molecule has 1 saturated heterocycles. The summed E-state index contributed by atoms with van der Waals surface area (Å²) in [6, 6.07) is 20.3. The standard InChI is InChI=1S/C28H33N3O2/c1-19-10-8-9-13-25(19)27(32)29-24-14-16-30(17-15-24)28(33)26-18-20(2)31(22(26)4)21(3)23-11-6-5-7-12-23/h5-13,18,21,24H,14-17H2,1-4H3,(H,29,32)/t21-/m1/s1.